The van der Waals surface area contributed by atoms with Gasteiger partial charge in [-0.2, -0.15) is 0 Å². The lowest BCUT2D eigenvalue weighted by Gasteiger charge is -2.22. The number of methoxy groups -OCH3 is 1. The Morgan fingerprint density at radius 2 is 1.93 bits per heavy atom. The Bertz CT molecular complexity index is 1750. The lowest BCUT2D eigenvalue weighted by molar-refractivity contribution is 0.0693. The number of nitrogens with zero attached hydrogens (tertiary/aromatic N) is 2. The molecule has 0 bridgehead atoms. The van der Waals surface area contributed by atoms with Gasteiger partial charge in [0.05, 0.1) is 30.1 Å². The number of hydrogen-bond donors (Lipinski definition) is 1. The highest BCUT2D eigenvalue weighted by Crippen LogP contribution is 2.48. The van der Waals surface area contributed by atoms with Crippen LogP contribution in [0, 0.1) is 0 Å². The van der Waals surface area contributed by atoms with Crippen LogP contribution in [0.2, 0.25) is 5.02 Å². The predicted molar refractivity (Wildman–Crippen MR) is 170 cm³/mol. The normalized spacial score (nSPS) is 14.2. The zero-order valence-corrected chi connectivity index (χ0v) is 25.6. The number of halogens is 1. The molecule has 0 saturated carbocycles. The molecular weight excluding hydrogens is 588 g/mol. The number of thioether (sulfide) groups is 2. The van der Waals surface area contributed by atoms with Gasteiger partial charge >= 0.3 is 5.97 Å². The van der Waals surface area contributed by atoms with E-state index < -0.39 is 5.97 Å². The number of pyridine rings is 1. The van der Waals surface area contributed by atoms with Crippen molar-refractivity contribution >= 4 is 52.0 Å². The first-order chi connectivity index (χ1) is 20.4. The molecule has 1 aliphatic heterocycles. The lowest BCUT2D eigenvalue weighted by Crippen LogP contribution is -2.10. The summed E-state index contributed by atoms with van der Waals surface area (Å²) >= 11 is 9.64. The summed E-state index contributed by atoms with van der Waals surface area (Å²) in [7, 11) is 1.63. The molecule has 1 aliphatic rings. The Morgan fingerprint density at radius 1 is 1.12 bits per heavy atom. The summed E-state index contributed by atoms with van der Waals surface area (Å²) in [6, 6.07) is 23.2. The van der Waals surface area contributed by atoms with Crippen LogP contribution >= 0.6 is 35.1 Å². The minimum Gasteiger partial charge on any atom is -0.495 e. The van der Waals surface area contributed by atoms with Crippen LogP contribution in [0.5, 0.6) is 11.5 Å². The van der Waals surface area contributed by atoms with E-state index in [2.05, 4.69) is 40.7 Å². The van der Waals surface area contributed by atoms with E-state index >= 15 is 0 Å². The standard InChI is InChI=1S/C33H29ClN2O4S2/c1-20-15-26-29(40-18-23-11-12-24(39-2)16-35-23)14-13-27-31(26)32(42-20)28(36(27)17-21-7-9-22(34)10-8-21)19-41-30-6-4-3-5-25(30)33(37)38/h3-14,16,20H,15,17-19H2,1-2H3,(H,37,38). The summed E-state index contributed by atoms with van der Waals surface area (Å²) in [5.41, 5.74) is 5.82. The summed E-state index contributed by atoms with van der Waals surface area (Å²) in [5.74, 6) is 1.30. The van der Waals surface area contributed by atoms with E-state index in [4.69, 9.17) is 21.1 Å². The van der Waals surface area contributed by atoms with Gasteiger partial charge in [-0.1, -0.05) is 42.8 Å². The summed E-state index contributed by atoms with van der Waals surface area (Å²) < 4.78 is 14.0. The Morgan fingerprint density at radius 3 is 2.67 bits per heavy atom. The number of aromatic nitrogens is 2. The van der Waals surface area contributed by atoms with Gasteiger partial charge in [0.1, 0.15) is 18.1 Å². The highest BCUT2D eigenvalue weighted by Gasteiger charge is 2.29. The number of rotatable bonds is 10. The van der Waals surface area contributed by atoms with Crippen LogP contribution in [0.15, 0.2) is 88.8 Å². The van der Waals surface area contributed by atoms with Gasteiger partial charge in [-0.25, -0.2) is 4.79 Å². The van der Waals surface area contributed by atoms with Gasteiger partial charge in [-0.05, 0) is 60.5 Å². The van der Waals surface area contributed by atoms with Crippen molar-refractivity contribution < 1.29 is 19.4 Å². The number of carboxylic acid groups (broad SMARTS) is 1. The fourth-order valence-corrected chi connectivity index (χ4v) is 7.89. The van der Waals surface area contributed by atoms with Crippen molar-refractivity contribution in [1.29, 1.82) is 0 Å². The summed E-state index contributed by atoms with van der Waals surface area (Å²) in [5, 5.41) is 12.0. The van der Waals surface area contributed by atoms with Crippen molar-refractivity contribution in [2.45, 2.75) is 47.3 Å². The maximum Gasteiger partial charge on any atom is 0.336 e. The first kappa shape index (κ1) is 28.5. The number of hydrogen-bond acceptors (Lipinski definition) is 6. The van der Waals surface area contributed by atoms with Crippen molar-refractivity contribution in [1.82, 2.24) is 9.55 Å². The van der Waals surface area contributed by atoms with Gasteiger partial charge in [0.15, 0.2) is 0 Å². The molecule has 1 atom stereocenters. The van der Waals surface area contributed by atoms with E-state index in [1.54, 1.807) is 37.2 Å². The van der Waals surface area contributed by atoms with Gasteiger partial charge in [0.25, 0.3) is 0 Å². The van der Waals surface area contributed by atoms with Gasteiger partial charge in [-0.15, -0.1) is 23.5 Å². The van der Waals surface area contributed by atoms with Crippen molar-refractivity contribution in [2.24, 2.45) is 0 Å². The van der Waals surface area contributed by atoms with Crippen LogP contribution in [0.1, 0.15) is 39.8 Å². The van der Waals surface area contributed by atoms with Crippen LogP contribution in [0.25, 0.3) is 10.9 Å². The van der Waals surface area contributed by atoms with Crippen molar-refractivity contribution in [3.8, 4) is 11.5 Å². The van der Waals surface area contributed by atoms with E-state index in [0.717, 1.165) is 33.8 Å². The third kappa shape index (κ3) is 5.84. The Labute approximate surface area is 258 Å². The number of aromatic carboxylic acids is 1. The first-order valence-electron chi connectivity index (χ1n) is 13.6. The van der Waals surface area contributed by atoms with E-state index in [0.29, 0.717) is 40.5 Å². The molecule has 0 aliphatic carbocycles. The van der Waals surface area contributed by atoms with E-state index in [1.807, 2.05) is 48.2 Å². The van der Waals surface area contributed by atoms with Crippen LogP contribution in [0.3, 0.4) is 0 Å². The van der Waals surface area contributed by atoms with Crippen LogP contribution < -0.4 is 9.47 Å². The zero-order chi connectivity index (χ0) is 29.2. The van der Waals surface area contributed by atoms with E-state index in [-0.39, 0.29) is 0 Å². The summed E-state index contributed by atoms with van der Waals surface area (Å²) in [6.07, 6.45) is 2.59. The van der Waals surface area contributed by atoms with Crippen molar-refractivity contribution in [3.63, 3.8) is 0 Å². The summed E-state index contributed by atoms with van der Waals surface area (Å²) in [4.78, 5) is 18.4. The maximum atomic E-state index is 11.9. The van der Waals surface area contributed by atoms with Crippen LogP contribution in [-0.4, -0.2) is 33.0 Å². The molecule has 0 spiro atoms. The van der Waals surface area contributed by atoms with Crippen molar-refractivity contribution in [2.75, 3.05) is 7.11 Å². The van der Waals surface area contributed by atoms with Crippen LogP contribution in [0.4, 0.5) is 0 Å². The molecular formula is C33H29ClN2O4S2. The molecule has 0 fully saturated rings. The molecule has 1 N–H and O–H groups in total. The third-order valence-electron chi connectivity index (χ3n) is 7.31. The Kier molecular flexibility index (Phi) is 8.38. The average molecular weight is 617 g/mol. The maximum absolute atomic E-state index is 11.9. The predicted octanol–water partition coefficient (Wildman–Crippen LogP) is 8.35. The van der Waals surface area contributed by atoms with E-state index in [9.17, 15) is 9.90 Å². The quantitative estimate of drug-likeness (QED) is 0.158. The molecule has 2 aromatic heterocycles. The Balaban J connectivity index is 1.41. The van der Waals surface area contributed by atoms with Gasteiger partial charge in [0.2, 0.25) is 0 Å². The average Bonchev–Trinajstić information content (AvgIpc) is 3.29. The monoisotopic (exact) mass is 616 g/mol. The smallest absolute Gasteiger partial charge is 0.336 e. The fourth-order valence-electron chi connectivity index (χ4n) is 5.28. The Hall–Kier alpha value is -3.59. The highest BCUT2D eigenvalue weighted by atomic mass is 35.5. The molecule has 3 heterocycles. The number of ether oxygens (including phenoxy) is 2. The first-order valence-corrected chi connectivity index (χ1v) is 15.8. The fraction of sp³-hybridized carbons (Fsp3) is 0.212. The third-order valence-corrected chi connectivity index (χ3v) is 9.89. The molecule has 0 saturated heterocycles. The molecule has 6 nitrogen and oxygen atoms in total. The second-order valence-corrected chi connectivity index (χ2v) is 13.0. The number of carbonyl (C=O) groups is 1. The summed E-state index contributed by atoms with van der Waals surface area (Å²) in [6.45, 7) is 3.28. The highest BCUT2D eigenvalue weighted by molar-refractivity contribution is 8.00. The SMILES string of the molecule is COc1ccc(COc2ccc3c4c2CC(C)Sc4c(CSc2ccccc2C(=O)O)n3Cc2ccc(Cl)cc2)nc1. The molecule has 42 heavy (non-hydrogen) atoms. The van der Waals surface area contributed by atoms with Gasteiger partial charge in [-0.3, -0.25) is 4.98 Å². The number of carboxylic acids is 1. The lowest BCUT2D eigenvalue weighted by atomic mass is 10.0. The molecule has 3 aromatic carbocycles. The van der Waals surface area contributed by atoms with E-state index in [1.165, 1.54) is 21.5 Å². The molecule has 0 radical (unpaired) electrons. The van der Waals surface area contributed by atoms with Crippen LogP contribution in [-0.2, 0) is 25.3 Å². The molecule has 0 amide bonds. The molecule has 1 unspecified atom stereocenters. The largest absolute Gasteiger partial charge is 0.495 e. The molecule has 6 rings (SSSR count). The second kappa shape index (κ2) is 12.3. The van der Waals surface area contributed by atoms with Gasteiger partial charge in [0, 0.05) is 49.0 Å². The molecule has 214 valence electrons. The molecule has 5 aromatic rings. The zero-order valence-electron chi connectivity index (χ0n) is 23.2. The minimum atomic E-state index is -0.917. The molecule has 9 heteroatoms. The second-order valence-electron chi connectivity index (χ2n) is 10.1. The van der Waals surface area contributed by atoms with Crippen molar-refractivity contribution in [3.05, 3.63) is 112 Å². The topological polar surface area (TPSA) is 73.6 Å². The minimum absolute atomic E-state index is 0.320. The van der Waals surface area contributed by atoms with Gasteiger partial charge < -0.3 is 19.1 Å². The number of benzene rings is 3.